The van der Waals surface area contributed by atoms with Crippen LogP contribution >= 0.6 is 23.1 Å². The largest absolute Gasteiger partial charge is 0.390 e. The highest BCUT2D eigenvalue weighted by molar-refractivity contribution is 8.13. The van der Waals surface area contributed by atoms with Gasteiger partial charge in [0.05, 0.1) is 6.10 Å². The number of thiophene rings is 1. The summed E-state index contributed by atoms with van der Waals surface area (Å²) >= 11 is 2.41. The second-order valence-electron chi connectivity index (χ2n) is 3.54. The SMILES string of the molecule is CC(=O)SCCC(O)C(O)c1cscc1C=O. The van der Waals surface area contributed by atoms with E-state index >= 15 is 0 Å². The molecule has 6 heteroatoms. The van der Waals surface area contributed by atoms with E-state index in [9.17, 15) is 19.8 Å². The van der Waals surface area contributed by atoms with Crippen molar-refractivity contribution in [2.75, 3.05) is 5.75 Å². The first-order valence-corrected chi connectivity index (χ1v) is 7.00. The predicted octanol–water partition coefficient (Wildman–Crippen LogP) is 1.62. The molecule has 0 aliphatic rings. The summed E-state index contributed by atoms with van der Waals surface area (Å²) < 4.78 is 0. The van der Waals surface area contributed by atoms with E-state index in [1.54, 1.807) is 10.8 Å². The number of hydrogen-bond donors (Lipinski definition) is 2. The number of aliphatic hydroxyl groups is 2. The Morgan fingerprint density at radius 2 is 2.24 bits per heavy atom. The van der Waals surface area contributed by atoms with E-state index < -0.39 is 12.2 Å². The molecule has 0 amide bonds. The molecule has 0 radical (unpaired) electrons. The predicted molar refractivity (Wildman–Crippen MR) is 68.4 cm³/mol. The first kappa shape index (κ1) is 14.4. The van der Waals surface area contributed by atoms with Gasteiger partial charge in [-0.2, -0.15) is 11.3 Å². The van der Waals surface area contributed by atoms with Crippen LogP contribution in [-0.2, 0) is 4.79 Å². The molecule has 0 saturated heterocycles. The molecule has 94 valence electrons. The summed E-state index contributed by atoms with van der Waals surface area (Å²) in [4.78, 5) is 21.4. The van der Waals surface area contributed by atoms with Gasteiger partial charge in [-0.3, -0.25) is 9.59 Å². The highest BCUT2D eigenvalue weighted by atomic mass is 32.2. The molecule has 4 nitrogen and oxygen atoms in total. The van der Waals surface area contributed by atoms with Crippen molar-refractivity contribution >= 4 is 34.5 Å². The maximum absolute atomic E-state index is 10.7. The van der Waals surface area contributed by atoms with Gasteiger partial charge < -0.3 is 10.2 Å². The standard InChI is InChI=1S/C11H14O4S2/c1-7(13)17-3-2-10(14)11(15)9-6-16-5-8(9)4-12/h4-6,10-11,14-15H,2-3H2,1H3. The Morgan fingerprint density at radius 1 is 1.53 bits per heavy atom. The summed E-state index contributed by atoms with van der Waals surface area (Å²) in [6.45, 7) is 1.46. The molecule has 1 heterocycles. The van der Waals surface area contributed by atoms with Gasteiger partial charge in [0.1, 0.15) is 6.10 Å². The molecule has 17 heavy (non-hydrogen) atoms. The maximum atomic E-state index is 10.7. The van der Waals surface area contributed by atoms with E-state index in [-0.39, 0.29) is 5.12 Å². The molecular formula is C11H14O4S2. The minimum Gasteiger partial charge on any atom is -0.390 e. The highest BCUT2D eigenvalue weighted by Gasteiger charge is 2.21. The summed E-state index contributed by atoms with van der Waals surface area (Å²) in [5.74, 6) is 0.452. The number of rotatable bonds is 6. The van der Waals surface area contributed by atoms with Gasteiger partial charge in [0.25, 0.3) is 0 Å². The summed E-state index contributed by atoms with van der Waals surface area (Å²) in [5.41, 5.74) is 0.853. The Balaban J connectivity index is 2.54. The third kappa shape index (κ3) is 4.23. The lowest BCUT2D eigenvalue weighted by Gasteiger charge is -2.17. The molecule has 0 aliphatic heterocycles. The van der Waals surface area contributed by atoms with E-state index in [1.165, 1.54) is 18.3 Å². The van der Waals surface area contributed by atoms with Crippen LogP contribution in [0.4, 0.5) is 0 Å². The average molecular weight is 274 g/mol. The van der Waals surface area contributed by atoms with Gasteiger partial charge in [-0.1, -0.05) is 11.8 Å². The Hall–Kier alpha value is -0.690. The first-order valence-electron chi connectivity index (χ1n) is 5.07. The molecule has 1 aromatic heterocycles. The van der Waals surface area contributed by atoms with Crippen LogP contribution in [0.2, 0.25) is 0 Å². The molecule has 2 atom stereocenters. The zero-order valence-corrected chi connectivity index (χ0v) is 11.0. The van der Waals surface area contributed by atoms with Crippen LogP contribution in [0.5, 0.6) is 0 Å². The van der Waals surface area contributed by atoms with Crippen LogP contribution < -0.4 is 0 Å². The fourth-order valence-corrected chi connectivity index (χ4v) is 2.82. The zero-order valence-electron chi connectivity index (χ0n) is 9.33. The van der Waals surface area contributed by atoms with E-state index in [0.29, 0.717) is 29.6 Å². The molecule has 0 spiro atoms. The fraction of sp³-hybridized carbons (Fsp3) is 0.455. The molecule has 1 rings (SSSR count). The van der Waals surface area contributed by atoms with Crippen molar-refractivity contribution in [2.45, 2.75) is 25.6 Å². The second-order valence-corrected chi connectivity index (χ2v) is 5.56. The van der Waals surface area contributed by atoms with Gasteiger partial charge in [-0.05, 0) is 11.8 Å². The van der Waals surface area contributed by atoms with E-state index in [2.05, 4.69) is 0 Å². The van der Waals surface area contributed by atoms with Crippen LogP contribution in [0, 0.1) is 0 Å². The van der Waals surface area contributed by atoms with Gasteiger partial charge >= 0.3 is 0 Å². The topological polar surface area (TPSA) is 74.6 Å². The molecule has 2 unspecified atom stereocenters. The molecule has 0 bridgehead atoms. The van der Waals surface area contributed by atoms with Crippen molar-refractivity contribution in [1.82, 2.24) is 0 Å². The van der Waals surface area contributed by atoms with E-state index in [0.717, 1.165) is 11.8 Å². The summed E-state index contributed by atoms with van der Waals surface area (Å²) in [6.07, 6.45) is -1.07. The van der Waals surface area contributed by atoms with Crippen LogP contribution in [0.25, 0.3) is 0 Å². The van der Waals surface area contributed by atoms with Crippen molar-refractivity contribution < 1.29 is 19.8 Å². The Bertz CT molecular complexity index is 389. The monoisotopic (exact) mass is 274 g/mol. The lowest BCUT2D eigenvalue weighted by Crippen LogP contribution is -2.19. The van der Waals surface area contributed by atoms with Crippen molar-refractivity contribution in [2.24, 2.45) is 0 Å². The normalized spacial score (nSPS) is 14.3. The van der Waals surface area contributed by atoms with Crippen molar-refractivity contribution in [3.63, 3.8) is 0 Å². The third-order valence-corrected chi connectivity index (χ3v) is 3.88. The Labute approximate surface area is 108 Å². The third-order valence-electron chi connectivity index (χ3n) is 2.25. The lowest BCUT2D eigenvalue weighted by atomic mass is 10.0. The number of carbonyl (C=O) groups is 2. The molecule has 1 aromatic rings. The van der Waals surface area contributed by atoms with Crippen LogP contribution in [0.15, 0.2) is 10.8 Å². The molecule has 2 N–H and O–H groups in total. The van der Waals surface area contributed by atoms with Gasteiger partial charge in [0.15, 0.2) is 11.4 Å². The van der Waals surface area contributed by atoms with Crippen LogP contribution in [0.1, 0.15) is 35.4 Å². The molecule has 0 aromatic carbocycles. The highest BCUT2D eigenvalue weighted by Crippen LogP contribution is 2.25. The summed E-state index contributed by atoms with van der Waals surface area (Å²) in [7, 11) is 0. The van der Waals surface area contributed by atoms with Crippen molar-refractivity contribution in [3.8, 4) is 0 Å². The molecule has 0 saturated carbocycles. The number of hydrogen-bond acceptors (Lipinski definition) is 6. The fourth-order valence-electron chi connectivity index (χ4n) is 1.34. The summed E-state index contributed by atoms with van der Waals surface area (Å²) in [6, 6.07) is 0. The van der Waals surface area contributed by atoms with Crippen LogP contribution in [-0.4, -0.2) is 33.5 Å². The van der Waals surface area contributed by atoms with E-state index in [1.807, 2.05) is 0 Å². The number of thioether (sulfide) groups is 1. The smallest absolute Gasteiger partial charge is 0.185 e. The first-order chi connectivity index (χ1) is 8.06. The molecular weight excluding hydrogens is 260 g/mol. The van der Waals surface area contributed by atoms with Gasteiger partial charge in [0, 0.05) is 29.2 Å². The lowest BCUT2D eigenvalue weighted by molar-refractivity contribution is -0.109. The quantitative estimate of drug-likeness (QED) is 0.771. The van der Waals surface area contributed by atoms with E-state index in [4.69, 9.17) is 0 Å². The van der Waals surface area contributed by atoms with Gasteiger partial charge in [-0.25, -0.2) is 0 Å². The van der Waals surface area contributed by atoms with Gasteiger partial charge in [0.2, 0.25) is 0 Å². The number of aldehydes is 1. The Kier molecular flexibility index (Phi) is 5.84. The molecule has 0 fully saturated rings. The number of aliphatic hydroxyl groups excluding tert-OH is 2. The second kappa shape index (κ2) is 6.90. The van der Waals surface area contributed by atoms with Crippen molar-refractivity contribution in [1.29, 1.82) is 0 Å². The zero-order chi connectivity index (χ0) is 12.8. The summed E-state index contributed by atoms with van der Waals surface area (Å²) in [5, 5.41) is 22.9. The Morgan fingerprint density at radius 3 is 2.82 bits per heavy atom. The van der Waals surface area contributed by atoms with Crippen LogP contribution in [0.3, 0.4) is 0 Å². The maximum Gasteiger partial charge on any atom is 0.185 e. The average Bonchev–Trinajstić information content (AvgIpc) is 2.75. The minimum absolute atomic E-state index is 0.0178. The van der Waals surface area contributed by atoms with Crippen molar-refractivity contribution in [3.05, 3.63) is 21.9 Å². The number of carbonyl (C=O) groups excluding carboxylic acids is 2. The minimum atomic E-state index is -1.07. The molecule has 0 aliphatic carbocycles. The van der Waals surface area contributed by atoms with Gasteiger partial charge in [-0.15, -0.1) is 0 Å².